The molecule has 0 rings (SSSR count). The van der Waals surface area contributed by atoms with E-state index >= 15 is 0 Å². The van der Waals surface area contributed by atoms with Crippen LogP contribution in [0.1, 0.15) is 20.8 Å². The fourth-order valence-electron chi connectivity index (χ4n) is 0.969. The van der Waals surface area contributed by atoms with Crippen molar-refractivity contribution in [1.29, 1.82) is 0 Å². The maximum absolute atomic E-state index is 11.4. The maximum atomic E-state index is 11.4. The highest BCUT2D eigenvalue weighted by atomic mass is 32.2. The molecular weight excluding hydrogens is 206 g/mol. The predicted octanol–water partition coefficient (Wildman–Crippen LogP) is 0.892. The minimum Gasteiger partial charge on any atom is -0.325 e. The minimum atomic E-state index is -2.96. The molecule has 2 N–H and O–H groups in total. The zero-order valence-corrected chi connectivity index (χ0v) is 10.2. The van der Waals surface area contributed by atoms with Crippen LogP contribution in [-0.4, -0.2) is 37.0 Å². The molecule has 0 amide bonds. The van der Waals surface area contributed by atoms with Crippen LogP contribution in [0.2, 0.25) is 0 Å². The minimum absolute atomic E-state index is 0.0737. The van der Waals surface area contributed by atoms with E-state index in [0.29, 0.717) is 5.75 Å². The monoisotopic (exact) mass is 225 g/mol. The standard InChI is InChI=1S/C8H19NO2S2/c1-4-12-5-6-13(10,11)7-8(2,3)9/h4-7,9H2,1-3H3. The maximum Gasteiger partial charge on any atom is 0.152 e. The van der Waals surface area contributed by atoms with Gasteiger partial charge in [0.15, 0.2) is 9.84 Å². The third-order valence-electron chi connectivity index (χ3n) is 1.33. The van der Waals surface area contributed by atoms with Crippen molar-refractivity contribution in [3.05, 3.63) is 0 Å². The lowest BCUT2D eigenvalue weighted by Crippen LogP contribution is -2.40. The van der Waals surface area contributed by atoms with Gasteiger partial charge in [-0.15, -0.1) is 0 Å². The lowest BCUT2D eigenvalue weighted by molar-refractivity contribution is 0.545. The van der Waals surface area contributed by atoms with Crippen molar-refractivity contribution in [3.63, 3.8) is 0 Å². The number of thioether (sulfide) groups is 1. The fourth-order valence-corrected chi connectivity index (χ4v) is 4.02. The van der Waals surface area contributed by atoms with Crippen molar-refractivity contribution < 1.29 is 8.42 Å². The topological polar surface area (TPSA) is 60.2 Å². The number of nitrogens with two attached hydrogens (primary N) is 1. The fraction of sp³-hybridized carbons (Fsp3) is 1.00. The summed E-state index contributed by atoms with van der Waals surface area (Å²) in [7, 11) is -2.96. The van der Waals surface area contributed by atoms with Gasteiger partial charge in [-0.2, -0.15) is 11.8 Å². The first kappa shape index (κ1) is 13.3. The first-order valence-corrected chi connectivity index (χ1v) is 7.31. The lowest BCUT2D eigenvalue weighted by Gasteiger charge is -2.17. The van der Waals surface area contributed by atoms with Gasteiger partial charge in [0.1, 0.15) is 0 Å². The zero-order chi connectivity index (χ0) is 10.5. The molecule has 0 aromatic rings. The van der Waals surface area contributed by atoms with Crippen LogP contribution in [0.4, 0.5) is 0 Å². The Morgan fingerprint density at radius 1 is 1.38 bits per heavy atom. The van der Waals surface area contributed by atoms with E-state index in [0.717, 1.165) is 5.75 Å². The van der Waals surface area contributed by atoms with Crippen LogP contribution in [0.5, 0.6) is 0 Å². The Bertz CT molecular complexity index is 229. The molecule has 0 aromatic heterocycles. The Hall–Kier alpha value is 0.260. The largest absolute Gasteiger partial charge is 0.325 e. The van der Waals surface area contributed by atoms with E-state index in [2.05, 4.69) is 0 Å². The summed E-state index contributed by atoms with van der Waals surface area (Å²) in [5.41, 5.74) is 5.02. The second-order valence-corrected chi connectivity index (χ2v) is 7.36. The van der Waals surface area contributed by atoms with Gasteiger partial charge in [-0.25, -0.2) is 8.42 Å². The molecule has 0 aliphatic carbocycles. The summed E-state index contributed by atoms with van der Waals surface area (Å²) >= 11 is 1.64. The van der Waals surface area contributed by atoms with Crippen molar-refractivity contribution in [3.8, 4) is 0 Å². The van der Waals surface area contributed by atoms with Gasteiger partial charge in [-0.1, -0.05) is 6.92 Å². The molecule has 0 saturated heterocycles. The van der Waals surface area contributed by atoms with Gasteiger partial charge < -0.3 is 5.73 Å². The molecule has 80 valence electrons. The van der Waals surface area contributed by atoms with Crippen LogP contribution in [-0.2, 0) is 9.84 Å². The van der Waals surface area contributed by atoms with Crippen LogP contribution in [0.15, 0.2) is 0 Å². The second-order valence-electron chi connectivity index (χ2n) is 3.78. The van der Waals surface area contributed by atoms with Crippen molar-refractivity contribution in [2.24, 2.45) is 5.73 Å². The van der Waals surface area contributed by atoms with Gasteiger partial charge in [0.05, 0.1) is 11.5 Å². The van der Waals surface area contributed by atoms with E-state index in [4.69, 9.17) is 5.73 Å². The summed E-state index contributed by atoms with van der Waals surface area (Å²) in [4.78, 5) is 0. The van der Waals surface area contributed by atoms with E-state index in [-0.39, 0.29) is 11.5 Å². The van der Waals surface area contributed by atoms with E-state index in [9.17, 15) is 8.42 Å². The Kier molecular flexibility index (Phi) is 5.32. The quantitative estimate of drug-likeness (QED) is 0.682. The van der Waals surface area contributed by atoms with Gasteiger partial charge >= 0.3 is 0 Å². The Morgan fingerprint density at radius 3 is 2.31 bits per heavy atom. The normalized spacial score (nSPS) is 13.2. The molecule has 5 heteroatoms. The summed E-state index contributed by atoms with van der Waals surface area (Å²) in [6, 6.07) is 0. The SMILES string of the molecule is CCSCCS(=O)(=O)CC(C)(C)N. The molecule has 0 heterocycles. The van der Waals surface area contributed by atoms with Gasteiger partial charge in [0.25, 0.3) is 0 Å². The van der Waals surface area contributed by atoms with Crippen molar-refractivity contribution in [2.75, 3.05) is 23.0 Å². The molecule has 3 nitrogen and oxygen atoms in total. The second kappa shape index (κ2) is 5.22. The molecule has 0 fully saturated rings. The van der Waals surface area contributed by atoms with E-state index in [1.165, 1.54) is 0 Å². The van der Waals surface area contributed by atoms with Crippen LogP contribution < -0.4 is 5.73 Å². The summed E-state index contributed by atoms with van der Waals surface area (Å²) in [6.45, 7) is 5.49. The highest BCUT2D eigenvalue weighted by Crippen LogP contribution is 2.06. The molecule has 0 aliphatic heterocycles. The molecule has 0 aromatic carbocycles. The lowest BCUT2D eigenvalue weighted by atomic mass is 10.1. The average molecular weight is 225 g/mol. The van der Waals surface area contributed by atoms with Gasteiger partial charge in [0, 0.05) is 11.3 Å². The summed E-state index contributed by atoms with van der Waals surface area (Å²) in [5.74, 6) is 1.95. The molecule has 0 radical (unpaired) electrons. The van der Waals surface area contributed by atoms with Gasteiger partial charge in [-0.05, 0) is 19.6 Å². The first-order valence-electron chi connectivity index (χ1n) is 4.34. The highest BCUT2D eigenvalue weighted by molar-refractivity contribution is 8.00. The van der Waals surface area contributed by atoms with E-state index in [1.807, 2.05) is 6.92 Å². The Balaban J connectivity index is 3.96. The van der Waals surface area contributed by atoms with Gasteiger partial charge in [0.2, 0.25) is 0 Å². The first-order chi connectivity index (χ1) is 5.77. The number of hydrogen-bond donors (Lipinski definition) is 1. The highest BCUT2D eigenvalue weighted by Gasteiger charge is 2.21. The van der Waals surface area contributed by atoms with Crippen molar-refractivity contribution in [2.45, 2.75) is 26.3 Å². The molecule has 0 aliphatic rings. The predicted molar refractivity (Wildman–Crippen MR) is 59.9 cm³/mol. The zero-order valence-electron chi connectivity index (χ0n) is 8.54. The molecule has 0 unspecified atom stereocenters. The van der Waals surface area contributed by atoms with Crippen LogP contribution in [0.25, 0.3) is 0 Å². The van der Waals surface area contributed by atoms with Crippen LogP contribution >= 0.6 is 11.8 Å². The molecule has 0 spiro atoms. The Morgan fingerprint density at radius 2 is 1.92 bits per heavy atom. The van der Waals surface area contributed by atoms with E-state index in [1.54, 1.807) is 25.6 Å². The average Bonchev–Trinajstić information content (AvgIpc) is 1.81. The molecule has 0 saturated carbocycles. The third kappa shape index (κ3) is 8.59. The summed E-state index contributed by atoms with van der Waals surface area (Å²) < 4.78 is 22.9. The van der Waals surface area contributed by atoms with Crippen molar-refractivity contribution >= 4 is 21.6 Å². The molecule has 0 atom stereocenters. The third-order valence-corrected chi connectivity index (χ3v) is 4.50. The molecular formula is C8H19NO2S2. The Labute approximate surface area is 85.4 Å². The van der Waals surface area contributed by atoms with Gasteiger partial charge in [-0.3, -0.25) is 0 Å². The molecule has 13 heavy (non-hydrogen) atoms. The summed E-state index contributed by atoms with van der Waals surface area (Å²) in [5, 5.41) is 0. The summed E-state index contributed by atoms with van der Waals surface area (Å²) in [6.07, 6.45) is 0. The number of rotatable bonds is 6. The number of hydrogen-bond acceptors (Lipinski definition) is 4. The van der Waals surface area contributed by atoms with Crippen LogP contribution in [0.3, 0.4) is 0 Å². The van der Waals surface area contributed by atoms with Crippen molar-refractivity contribution in [1.82, 2.24) is 0 Å². The smallest absolute Gasteiger partial charge is 0.152 e. The van der Waals surface area contributed by atoms with Crippen LogP contribution in [0, 0.1) is 0 Å². The number of sulfone groups is 1. The van der Waals surface area contributed by atoms with E-state index < -0.39 is 15.4 Å². The molecule has 0 bridgehead atoms.